The molecule has 4 aliphatic rings. The van der Waals surface area contributed by atoms with E-state index >= 15 is 0 Å². The Morgan fingerprint density at radius 1 is 1.05 bits per heavy atom. The molecule has 10 nitrogen and oxygen atoms in total. The molecule has 0 spiro atoms. The third-order valence-corrected chi connectivity index (χ3v) is 8.93. The van der Waals surface area contributed by atoms with Gasteiger partial charge >= 0.3 is 5.97 Å². The predicted octanol–water partition coefficient (Wildman–Crippen LogP) is 5.13. The van der Waals surface area contributed by atoms with Gasteiger partial charge in [-0.05, 0) is 76.0 Å². The van der Waals surface area contributed by atoms with E-state index in [0.29, 0.717) is 69.5 Å². The number of aromatic nitrogens is 3. The molecule has 2 aliphatic carbocycles. The van der Waals surface area contributed by atoms with Gasteiger partial charge in [-0.15, -0.1) is 0 Å². The Kier molecular flexibility index (Phi) is 6.29. The van der Waals surface area contributed by atoms with Crippen LogP contribution in [0.3, 0.4) is 0 Å². The monoisotopic (exact) mass is 601 g/mol. The number of carbonyl (C=O) groups excluding carboxylic acids is 3. The maximum Gasteiger partial charge on any atom is 0.341 e. The maximum atomic E-state index is 13.6. The summed E-state index contributed by atoms with van der Waals surface area (Å²) in [6, 6.07) is 5.28. The van der Waals surface area contributed by atoms with Crippen LogP contribution in [0.15, 0.2) is 30.6 Å². The molecular formula is C32H32ClN5O5. The van der Waals surface area contributed by atoms with Crippen molar-refractivity contribution in [3.8, 4) is 16.9 Å². The number of carbonyl (C=O) groups is 3. The molecule has 7 rings (SSSR count). The predicted molar refractivity (Wildman–Crippen MR) is 158 cm³/mol. The Bertz CT molecular complexity index is 1700. The molecule has 0 unspecified atom stereocenters. The zero-order valence-electron chi connectivity index (χ0n) is 24.3. The van der Waals surface area contributed by atoms with Crippen molar-refractivity contribution >= 4 is 35.1 Å². The fraction of sp³-hybridized carbons (Fsp3) is 0.438. The lowest BCUT2D eigenvalue weighted by atomic mass is 9.86. The zero-order chi connectivity index (χ0) is 30.3. The fourth-order valence-electron chi connectivity index (χ4n) is 6.27. The van der Waals surface area contributed by atoms with Gasteiger partial charge in [-0.2, -0.15) is 0 Å². The summed E-state index contributed by atoms with van der Waals surface area (Å²) in [7, 11) is 0. The topological polar surface area (TPSA) is 138 Å². The third-order valence-electron chi connectivity index (χ3n) is 8.73. The molecule has 2 N–H and O–H groups in total. The first kappa shape index (κ1) is 27.8. The maximum absolute atomic E-state index is 13.6. The van der Waals surface area contributed by atoms with Gasteiger partial charge in [-0.3, -0.25) is 19.5 Å². The molecule has 2 amide bonds. The average Bonchev–Trinajstić information content (AvgIpc) is 3.88. The summed E-state index contributed by atoms with van der Waals surface area (Å²) in [5, 5.41) is 0.394. The molecule has 0 bridgehead atoms. The quantitative estimate of drug-likeness (QED) is 0.351. The van der Waals surface area contributed by atoms with Crippen molar-refractivity contribution in [3.05, 3.63) is 64.0 Å². The lowest BCUT2D eigenvalue weighted by Crippen LogP contribution is -2.52. The molecule has 4 heterocycles. The lowest BCUT2D eigenvalue weighted by molar-refractivity contribution is -0.132. The number of hydrogen-bond acceptors (Lipinski definition) is 8. The van der Waals surface area contributed by atoms with Crippen molar-refractivity contribution in [1.29, 1.82) is 0 Å². The number of fused-ring (bicyclic) bond motifs is 2. The smallest absolute Gasteiger partial charge is 0.341 e. The molecule has 222 valence electrons. The molecule has 43 heavy (non-hydrogen) atoms. The summed E-state index contributed by atoms with van der Waals surface area (Å²) in [5.41, 5.74) is 7.08. The van der Waals surface area contributed by atoms with E-state index in [4.69, 9.17) is 31.8 Å². The second kappa shape index (κ2) is 9.74. The van der Waals surface area contributed by atoms with E-state index in [-0.39, 0.29) is 23.6 Å². The van der Waals surface area contributed by atoms with Crippen LogP contribution in [0.25, 0.3) is 11.1 Å². The molecule has 2 saturated carbocycles. The number of pyridine rings is 1. The Morgan fingerprint density at radius 3 is 2.40 bits per heavy atom. The molecule has 2 aromatic heterocycles. The molecular weight excluding hydrogens is 570 g/mol. The molecule has 1 atom stereocenters. The summed E-state index contributed by atoms with van der Waals surface area (Å²) >= 11 is 5.96. The highest BCUT2D eigenvalue weighted by molar-refractivity contribution is 6.30. The van der Waals surface area contributed by atoms with Crippen LogP contribution in [-0.2, 0) is 28.1 Å². The first-order chi connectivity index (χ1) is 20.4. The normalized spacial score (nSPS) is 22.1. The second-order valence-corrected chi connectivity index (χ2v) is 13.3. The minimum absolute atomic E-state index is 0.101. The number of amides is 2. The Labute approximate surface area is 253 Å². The fourth-order valence-corrected chi connectivity index (χ4v) is 6.37. The lowest BCUT2D eigenvalue weighted by Gasteiger charge is -2.38. The van der Waals surface area contributed by atoms with Crippen LogP contribution in [0.2, 0.25) is 5.02 Å². The van der Waals surface area contributed by atoms with Gasteiger partial charge in [0, 0.05) is 18.0 Å². The van der Waals surface area contributed by atoms with Gasteiger partial charge in [0.1, 0.15) is 11.6 Å². The average molecular weight is 602 g/mol. The van der Waals surface area contributed by atoms with Crippen molar-refractivity contribution < 1.29 is 23.9 Å². The van der Waals surface area contributed by atoms with Gasteiger partial charge in [-0.25, -0.2) is 14.8 Å². The highest BCUT2D eigenvalue weighted by atomic mass is 35.5. The van der Waals surface area contributed by atoms with Crippen molar-refractivity contribution in [1.82, 2.24) is 15.0 Å². The van der Waals surface area contributed by atoms with Gasteiger partial charge < -0.3 is 15.2 Å². The van der Waals surface area contributed by atoms with Crippen LogP contribution in [0.1, 0.15) is 90.8 Å². The first-order valence-corrected chi connectivity index (χ1v) is 15.0. The number of nitrogens with two attached hydrogens (primary N) is 1. The number of benzene rings is 1. The summed E-state index contributed by atoms with van der Waals surface area (Å²) in [5.74, 6) is 0.288. The van der Waals surface area contributed by atoms with Gasteiger partial charge in [0.2, 0.25) is 0 Å². The van der Waals surface area contributed by atoms with Gasteiger partial charge in [0.05, 0.1) is 39.8 Å². The number of anilines is 1. The minimum Gasteiger partial charge on any atom is -0.476 e. The van der Waals surface area contributed by atoms with Crippen LogP contribution in [0, 0.1) is 11.8 Å². The summed E-state index contributed by atoms with van der Waals surface area (Å²) in [6.07, 6.45) is 8.56. The van der Waals surface area contributed by atoms with E-state index in [2.05, 4.69) is 9.97 Å². The van der Waals surface area contributed by atoms with Crippen molar-refractivity contribution in [2.75, 3.05) is 4.90 Å². The van der Waals surface area contributed by atoms with Gasteiger partial charge in [-0.1, -0.05) is 30.5 Å². The molecule has 0 saturated heterocycles. The van der Waals surface area contributed by atoms with Crippen molar-refractivity contribution in [3.63, 3.8) is 0 Å². The van der Waals surface area contributed by atoms with E-state index in [1.807, 2.05) is 6.92 Å². The molecule has 2 aliphatic heterocycles. The number of cyclic esters (lactones) is 1. The molecule has 2 fully saturated rings. The Balaban J connectivity index is 1.39. The van der Waals surface area contributed by atoms with Gasteiger partial charge in [0.15, 0.2) is 11.2 Å². The summed E-state index contributed by atoms with van der Waals surface area (Å²) in [6.45, 7) is 5.39. The van der Waals surface area contributed by atoms with Crippen molar-refractivity contribution in [2.45, 2.75) is 77.0 Å². The largest absolute Gasteiger partial charge is 0.476 e. The zero-order valence-corrected chi connectivity index (χ0v) is 25.0. The highest BCUT2D eigenvalue weighted by Gasteiger charge is 2.49. The Morgan fingerprint density at radius 2 is 1.74 bits per heavy atom. The van der Waals surface area contributed by atoms with Crippen LogP contribution in [0.5, 0.6) is 5.75 Å². The number of halogens is 1. The Hall–Kier alpha value is -4.05. The van der Waals surface area contributed by atoms with E-state index < -0.39 is 23.1 Å². The van der Waals surface area contributed by atoms with Crippen LogP contribution in [0.4, 0.5) is 5.69 Å². The highest BCUT2D eigenvalue weighted by Crippen LogP contribution is 2.51. The molecule has 1 aromatic carbocycles. The van der Waals surface area contributed by atoms with Gasteiger partial charge in [0.25, 0.3) is 11.8 Å². The number of ether oxygens (including phenoxy) is 2. The first-order valence-electron chi connectivity index (χ1n) is 14.7. The number of esters is 1. The van der Waals surface area contributed by atoms with E-state index in [1.54, 1.807) is 36.9 Å². The number of nitrogens with zero attached hydrogens (tertiary/aromatic N) is 4. The van der Waals surface area contributed by atoms with E-state index in [0.717, 1.165) is 25.7 Å². The van der Waals surface area contributed by atoms with Crippen molar-refractivity contribution in [2.24, 2.45) is 17.6 Å². The van der Waals surface area contributed by atoms with E-state index in [1.165, 1.54) is 12.4 Å². The number of rotatable bonds is 8. The molecule has 0 radical (unpaired) electrons. The minimum atomic E-state index is -1.20. The van der Waals surface area contributed by atoms with Crippen LogP contribution < -0.4 is 15.4 Å². The summed E-state index contributed by atoms with van der Waals surface area (Å²) < 4.78 is 12.3. The number of hydrogen-bond donors (Lipinski definition) is 1. The van der Waals surface area contributed by atoms with Crippen LogP contribution in [-0.4, -0.2) is 38.3 Å². The standard InChI is InChI=1S/C32H32ClN5O5/c1-31(2)30(41)38(15-23-35-13-19(33)14-36-23)21-9-8-18(11-22(21)42-31)24-25(28(34)39)20(10-16-4-5-16)37-27-26(24)29(40)43-32(27,3)12-17-6-7-17/h8-9,11,13-14,16-17H,4-7,10,12,15H2,1-3H3,(H2,34,39)/t32-/m1/s1. The molecule has 3 aromatic rings. The SMILES string of the molecule is CC1(C)Oc2cc(-c3c(C(N)=O)c(CC4CC4)nc4c3C(=O)O[C@]4(C)CC3CC3)ccc2N(Cc2ncc(Cl)cn2)C1=O. The summed E-state index contributed by atoms with van der Waals surface area (Å²) in [4.78, 5) is 55.2. The van der Waals surface area contributed by atoms with Crippen LogP contribution >= 0.6 is 11.6 Å². The third kappa shape index (κ3) is 4.91. The second-order valence-electron chi connectivity index (χ2n) is 12.8. The van der Waals surface area contributed by atoms with E-state index in [9.17, 15) is 14.4 Å². The molecule has 11 heteroatoms. The number of primary amides is 1.